The fraction of sp³-hybridized carbons (Fsp3) is 0.350. The molecule has 0 spiro atoms. The summed E-state index contributed by atoms with van der Waals surface area (Å²) in [5, 5.41) is 2.98. The van der Waals surface area contributed by atoms with Crippen LogP contribution in [0.3, 0.4) is 0 Å². The molecule has 3 nitrogen and oxygen atoms in total. The Kier molecular flexibility index (Phi) is 4.12. The van der Waals surface area contributed by atoms with Crippen molar-refractivity contribution < 1.29 is 9.53 Å². The molecule has 120 valence electrons. The van der Waals surface area contributed by atoms with Crippen LogP contribution in [0.2, 0.25) is 0 Å². The van der Waals surface area contributed by atoms with Crippen LogP contribution in [0, 0.1) is 6.92 Å². The van der Waals surface area contributed by atoms with Gasteiger partial charge in [0.15, 0.2) is 0 Å². The van der Waals surface area contributed by atoms with Gasteiger partial charge in [0.1, 0.15) is 5.75 Å². The van der Waals surface area contributed by atoms with Gasteiger partial charge in [-0.05, 0) is 53.6 Å². The van der Waals surface area contributed by atoms with Crippen molar-refractivity contribution in [2.75, 3.05) is 12.4 Å². The van der Waals surface area contributed by atoms with Gasteiger partial charge in [0.2, 0.25) is 5.91 Å². The molecular weight excluding hydrogens is 286 g/mol. The molecule has 3 heteroatoms. The zero-order valence-electron chi connectivity index (χ0n) is 14.1. The van der Waals surface area contributed by atoms with Gasteiger partial charge in [0, 0.05) is 5.69 Å². The predicted molar refractivity (Wildman–Crippen MR) is 93.3 cm³/mol. The minimum Gasteiger partial charge on any atom is -0.496 e. The second-order valence-corrected chi connectivity index (χ2v) is 6.51. The largest absolute Gasteiger partial charge is 0.496 e. The van der Waals surface area contributed by atoms with E-state index in [0.29, 0.717) is 5.92 Å². The lowest BCUT2D eigenvalue weighted by Crippen LogP contribution is -2.15. The molecule has 0 aromatic heterocycles. The van der Waals surface area contributed by atoms with Crippen molar-refractivity contribution in [3.05, 3.63) is 58.7 Å². The number of fused-ring (bicyclic) bond motifs is 1. The number of hydrogen-bond acceptors (Lipinski definition) is 2. The van der Waals surface area contributed by atoms with E-state index in [1.165, 1.54) is 16.7 Å². The van der Waals surface area contributed by atoms with E-state index in [2.05, 4.69) is 38.2 Å². The third kappa shape index (κ3) is 2.83. The molecule has 0 aliphatic carbocycles. The number of methoxy groups -OCH3 is 1. The first-order valence-electron chi connectivity index (χ1n) is 8.08. The van der Waals surface area contributed by atoms with Gasteiger partial charge < -0.3 is 10.1 Å². The lowest BCUT2D eigenvalue weighted by molar-refractivity contribution is -0.117. The fourth-order valence-corrected chi connectivity index (χ4v) is 3.29. The molecule has 0 bridgehead atoms. The molecule has 0 saturated carbocycles. The van der Waals surface area contributed by atoms with Crippen molar-refractivity contribution in [3.8, 4) is 5.75 Å². The minimum atomic E-state index is -0.113. The molecule has 2 aromatic rings. The average Bonchev–Trinajstić information content (AvgIpc) is 2.84. The first-order chi connectivity index (χ1) is 11.0. The maximum absolute atomic E-state index is 12.4. The lowest BCUT2D eigenvalue weighted by atomic mass is 9.88. The SMILES string of the molecule is COc1cc(C)c(CC2C(=O)Nc3ccccc32)cc1C(C)C. The fourth-order valence-electron chi connectivity index (χ4n) is 3.29. The molecule has 1 heterocycles. The summed E-state index contributed by atoms with van der Waals surface area (Å²) in [6, 6.07) is 12.2. The highest BCUT2D eigenvalue weighted by molar-refractivity contribution is 6.03. The molecule has 1 aliphatic rings. The number of aryl methyl sites for hydroxylation is 1. The summed E-state index contributed by atoms with van der Waals surface area (Å²) in [5.74, 6) is 1.29. The molecule has 0 saturated heterocycles. The molecule has 23 heavy (non-hydrogen) atoms. The summed E-state index contributed by atoms with van der Waals surface area (Å²) in [6.07, 6.45) is 0.721. The van der Waals surface area contributed by atoms with Crippen LogP contribution in [0.15, 0.2) is 36.4 Å². The average molecular weight is 309 g/mol. The van der Waals surface area contributed by atoms with Gasteiger partial charge in [-0.15, -0.1) is 0 Å². The van der Waals surface area contributed by atoms with Crippen LogP contribution in [0.4, 0.5) is 5.69 Å². The molecule has 0 fully saturated rings. The van der Waals surface area contributed by atoms with Gasteiger partial charge in [-0.3, -0.25) is 4.79 Å². The summed E-state index contributed by atoms with van der Waals surface area (Å²) in [7, 11) is 1.71. The second-order valence-electron chi connectivity index (χ2n) is 6.51. The van der Waals surface area contributed by atoms with E-state index < -0.39 is 0 Å². The number of nitrogens with one attached hydrogen (secondary N) is 1. The smallest absolute Gasteiger partial charge is 0.232 e. The van der Waals surface area contributed by atoms with E-state index >= 15 is 0 Å². The van der Waals surface area contributed by atoms with Gasteiger partial charge in [-0.2, -0.15) is 0 Å². The highest BCUT2D eigenvalue weighted by Crippen LogP contribution is 2.37. The van der Waals surface area contributed by atoms with Crippen molar-refractivity contribution in [1.82, 2.24) is 0 Å². The first-order valence-corrected chi connectivity index (χ1v) is 8.08. The third-order valence-electron chi connectivity index (χ3n) is 4.64. The molecular formula is C20H23NO2. The standard InChI is InChI=1S/C20H23NO2/c1-12(2)16-10-14(13(3)9-19(16)23-4)11-17-15-7-5-6-8-18(15)21-20(17)22/h5-10,12,17H,11H2,1-4H3,(H,21,22). The number of carbonyl (C=O) groups excluding carboxylic acids is 1. The van der Waals surface area contributed by atoms with Crippen LogP contribution >= 0.6 is 0 Å². The van der Waals surface area contributed by atoms with Gasteiger partial charge >= 0.3 is 0 Å². The Morgan fingerprint density at radius 3 is 2.65 bits per heavy atom. The normalized spacial score (nSPS) is 16.4. The Morgan fingerprint density at radius 2 is 1.96 bits per heavy atom. The Balaban J connectivity index is 1.97. The van der Waals surface area contributed by atoms with E-state index in [0.717, 1.165) is 23.4 Å². The number of hydrogen-bond donors (Lipinski definition) is 1. The summed E-state index contributed by atoms with van der Waals surface area (Å²) < 4.78 is 5.51. The number of rotatable bonds is 4. The summed E-state index contributed by atoms with van der Waals surface area (Å²) in [5.41, 5.74) is 5.62. The molecule has 1 atom stereocenters. The quantitative estimate of drug-likeness (QED) is 0.908. The van der Waals surface area contributed by atoms with Crippen molar-refractivity contribution in [2.24, 2.45) is 0 Å². The Bertz CT molecular complexity index is 749. The van der Waals surface area contributed by atoms with E-state index in [-0.39, 0.29) is 11.8 Å². The van der Waals surface area contributed by atoms with E-state index in [1.54, 1.807) is 7.11 Å². The Morgan fingerprint density at radius 1 is 1.22 bits per heavy atom. The van der Waals surface area contributed by atoms with Gasteiger partial charge in [-0.1, -0.05) is 38.1 Å². The van der Waals surface area contributed by atoms with Crippen LogP contribution in [0.25, 0.3) is 0 Å². The number of anilines is 1. The summed E-state index contributed by atoms with van der Waals surface area (Å²) >= 11 is 0. The van der Waals surface area contributed by atoms with Crippen molar-refractivity contribution >= 4 is 11.6 Å². The van der Waals surface area contributed by atoms with E-state index in [4.69, 9.17) is 4.74 Å². The van der Waals surface area contributed by atoms with Crippen LogP contribution < -0.4 is 10.1 Å². The monoisotopic (exact) mass is 309 g/mol. The lowest BCUT2D eigenvalue weighted by Gasteiger charge is -2.18. The Hall–Kier alpha value is -2.29. The van der Waals surface area contributed by atoms with Crippen LogP contribution in [-0.2, 0) is 11.2 Å². The van der Waals surface area contributed by atoms with Crippen molar-refractivity contribution in [1.29, 1.82) is 0 Å². The minimum absolute atomic E-state index is 0.0903. The van der Waals surface area contributed by atoms with Gasteiger partial charge in [0.25, 0.3) is 0 Å². The van der Waals surface area contributed by atoms with Gasteiger partial charge in [0.05, 0.1) is 13.0 Å². The number of para-hydroxylation sites is 1. The van der Waals surface area contributed by atoms with Crippen molar-refractivity contribution in [3.63, 3.8) is 0 Å². The molecule has 2 aromatic carbocycles. The topological polar surface area (TPSA) is 38.3 Å². The molecule has 0 radical (unpaired) electrons. The second kappa shape index (κ2) is 6.07. The highest BCUT2D eigenvalue weighted by atomic mass is 16.5. The maximum Gasteiger partial charge on any atom is 0.232 e. The van der Waals surface area contributed by atoms with Crippen LogP contribution in [-0.4, -0.2) is 13.0 Å². The molecule has 1 unspecified atom stereocenters. The number of carbonyl (C=O) groups is 1. The molecule has 3 rings (SSSR count). The van der Waals surface area contributed by atoms with Crippen LogP contribution in [0.1, 0.15) is 47.9 Å². The maximum atomic E-state index is 12.4. The zero-order chi connectivity index (χ0) is 16.6. The van der Waals surface area contributed by atoms with E-state index in [9.17, 15) is 4.79 Å². The Labute approximate surface area is 137 Å². The predicted octanol–water partition coefficient (Wildman–Crippen LogP) is 4.41. The zero-order valence-corrected chi connectivity index (χ0v) is 14.1. The molecule has 1 amide bonds. The summed E-state index contributed by atoms with van der Waals surface area (Å²) in [6.45, 7) is 6.41. The number of amides is 1. The third-order valence-corrected chi connectivity index (χ3v) is 4.64. The highest BCUT2D eigenvalue weighted by Gasteiger charge is 2.30. The summed E-state index contributed by atoms with van der Waals surface area (Å²) in [4.78, 5) is 12.4. The van der Waals surface area contributed by atoms with Crippen LogP contribution in [0.5, 0.6) is 5.75 Å². The van der Waals surface area contributed by atoms with E-state index in [1.807, 2.05) is 24.3 Å². The number of ether oxygens (including phenoxy) is 1. The van der Waals surface area contributed by atoms with Gasteiger partial charge in [-0.25, -0.2) is 0 Å². The van der Waals surface area contributed by atoms with Crippen molar-refractivity contribution in [2.45, 2.75) is 39.0 Å². The first kappa shape index (κ1) is 15.6. The number of benzene rings is 2. The molecule has 1 aliphatic heterocycles. The molecule has 1 N–H and O–H groups in total.